The minimum Gasteiger partial charge on any atom is -0.497 e. The van der Waals surface area contributed by atoms with Crippen LogP contribution in [-0.2, 0) is 11.2 Å². The van der Waals surface area contributed by atoms with E-state index in [1.54, 1.807) is 7.11 Å². The fourth-order valence-electron chi connectivity index (χ4n) is 3.41. The predicted molar refractivity (Wildman–Crippen MR) is 127 cm³/mol. The number of nitrogens with zero attached hydrogens (tertiary/aromatic N) is 2. The summed E-state index contributed by atoms with van der Waals surface area (Å²) in [5.74, 6) is 2.37. The highest BCUT2D eigenvalue weighted by Gasteiger charge is 2.23. The van der Waals surface area contributed by atoms with Crippen molar-refractivity contribution in [2.75, 3.05) is 53.6 Å². The van der Waals surface area contributed by atoms with Crippen LogP contribution in [0.4, 0.5) is 0 Å². The maximum absolute atomic E-state index is 5.49. The molecule has 2 rings (SSSR count). The van der Waals surface area contributed by atoms with E-state index in [-0.39, 0.29) is 24.0 Å². The number of morpholine rings is 1. The van der Waals surface area contributed by atoms with Crippen LogP contribution in [0.3, 0.4) is 0 Å². The summed E-state index contributed by atoms with van der Waals surface area (Å²) in [6, 6.07) is 8.77. The first-order chi connectivity index (χ1) is 13.1. The Morgan fingerprint density at radius 3 is 2.43 bits per heavy atom. The lowest BCUT2D eigenvalue weighted by Crippen LogP contribution is -2.52. The van der Waals surface area contributed by atoms with Gasteiger partial charge in [0.25, 0.3) is 0 Å². The Kier molecular flexibility index (Phi) is 12.5. The molecule has 1 aromatic carbocycles. The highest BCUT2D eigenvalue weighted by atomic mass is 127. The Hall–Kier alpha value is -1.06. The maximum atomic E-state index is 5.49. The molecule has 2 N–H and O–H groups in total. The number of nitrogens with one attached hydrogen (secondary N) is 2. The van der Waals surface area contributed by atoms with E-state index in [9.17, 15) is 0 Å². The first-order valence-electron chi connectivity index (χ1n) is 10.0. The smallest absolute Gasteiger partial charge is 0.191 e. The summed E-state index contributed by atoms with van der Waals surface area (Å²) in [5, 5.41) is 6.93. The second-order valence-electron chi connectivity index (χ2n) is 7.29. The van der Waals surface area contributed by atoms with Gasteiger partial charge in [-0.2, -0.15) is 0 Å². The molecule has 1 fully saturated rings. The average Bonchev–Trinajstić information content (AvgIpc) is 2.70. The van der Waals surface area contributed by atoms with Crippen molar-refractivity contribution in [2.45, 2.75) is 32.7 Å². The summed E-state index contributed by atoms with van der Waals surface area (Å²) in [4.78, 5) is 6.89. The molecule has 1 heterocycles. The second-order valence-corrected chi connectivity index (χ2v) is 7.29. The quantitative estimate of drug-likeness (QED) is 0.235. The topological polar surface area (TPSA) is 58.1 Å². The monoisotopic (exact) mass is 504 g/mol. The molecule has 1 aromatic rings. The lowest BCUT2D eigenvalue weighted by atomic mass is 10.0. The molecule has 0 bridgehead atoms. The number of benzene rings is 1. The van der Waals surface area contributed by atoms with Gasteiger partial charge in [-0.3, -0.25) is 9.89 Å². The lowest BCUT2D eigenvalue weighted by Gasteiger charge is -2.37. The van der Waals surface area contributed by atoms with Crippen LogP contribution < -0.4 is 15.4 Å². The fraction of sp³-hybridized carbons (Fsp3) is 0.667. The zero-order valence-electron chi connectivity index (χ0n) is 17.7. The van der Waals surface area contributed by atoms with Crippen LogP contribution in [0, 0.1) is 5.92 Å². The minimum absolute atomic E-state index is 0. The Labute approximate surface area is 187 Å². The van der Waals surface area contributed by atoms with E-state index in [1.807, 2.05) is 19.2 Å². The van der Waals surface area contributed by atoms with Crippen molar-refractivity contribution >= 4 is 29.9 Å². The number of rotatable bonds is 9. The standard InChI is InChI=1S/C21H36N4O2.HI/c1-17(2)20(25-12-14-27-15-13-25)16-24-21(22-3)23-11-5-6-18-7-9-19(26-4)10-8-18;/h7-10,17,20H,5-6,11-16H2,1-4H3,(H2,22,23,24);1H. The molecule has 1 aliphatic heterocycles. The Morgan fingerprint density at radius 2 is 1.86 bits per heavy atom. The van der Waals surface area contributed by atoms with Gasteiger partial charge in [0.2, 0.25) is 0 Å². The molecule has 28 heavy (non-hydrogen) atoms. The van der Waals surface area contributed by atoms with Gasteiger partial charge in [-0.25, -0.2) is 0 Å². The van der Waals surface area contributed by atoms with Gasteiger partial charge in [0.15, 0.2) is 5.96 Å². The number of methoxy groups -OCH3 is 1. The number of hydrogen-bond acceptors (Lipinski definition) is 4. The summed E-state index contributed by atoms with van der Waals surface area (Å²) >= 11 is 0. The van der Waals surface area contributed by atoms with E-state index in [1.165, 1.54) is 5.56 Å². The molecule has 0 amide bonds. The normalized spacial score (nSPS) is 16.4. The van der Waals surface area contributed by atoms with Crippen LogP contribution >= 0.6 is 24.0 Å². The van der Waals surface area contributed by atoms with Crippen molar-refractivity contribution in [3.8, 4) is 5.75 Å². The Bertz CT molecular complexity index is 560. The van der Waals surface area contributed by atoms with Gasteiger partial charge in [0, 0.05) is 39.3 Å². The molecular formula is C21H37IN4O2. The number of hydrogen-bond donors (Lipinski definition) is 2. The van der Waals surface area contributed by atoms with Crippen LogP contribution in [0.2, 0.25) is 0 Å². The third-order valence-corrected chi connectivity index (χ3v) is 5.08. The Balaban J connectivity index is 0.00000392. The molecule has 1 unspecified atom stereocenters. The third-order valence-electron chi connectivity index (χ3n) is 5.08. The van der Waals surface area contributed by atoms with Gasteiger partial charge in [0.05, 0.1) is 20.3 Å². The van der Waals surface area contributed by atoms with Crippen molar-refractivity contribution in [3.05, 3.63) is 29.8 Å². The lowest BCUT2D eigenvalue weighted by molar-refractivity contribution is 0.00752. The van der Waals surface area contributed by atoms with E-state index in [4.69, 9.17) is 9.47 Å². The first kappa shape index (κ1) is 25.0. The van der Waals surface area contributed by atoms with Gasteiger partial charge >= 0.3 is 0 Å². The molecule has 7 heteroatoms. The molecule has 0 spiro atoms. The van der Waals surface area contributed by atoms with Gasteiger partial charge < -0.3 is 20.1 Å². The fourth-order valence-corrected chi connectivity index (χ4v) is 3.41. The molecular weight excluding hydrogens is 467 g/mol. The maximum Gasteiger partial charge on any atom is 0.191 e. The molecule has 1 aliphatic rings. The van der Waals surface area contributed by atoms with Crippen LogP contribution in [0.1, 0.15) is 25.8 Å². The summed E-state index contributed by atoms with van der Waals surface area (Å²) in [5.41, 5.74) is 1.33. The molecule has 0 aliphatic carbocycles. The molecule has 0 aromatic heterocycles. The number of aliphatic imine (C=N–C) groups is 1. The van der Waals surface area contributed by atoms with Crippen molar-refractivity contribution < 1.29 is 9.47 Å². The number of ether oxygens (including phenoxy) is 2. The third kappa shape index (κ3) is 8.53. The van der Waals surface area contributed by atoms with E-state index in [0.717, 1.165) is 63.9 Å². The highest BCUT2D eigenvalue weighted by Crippen LogP contribution is 2.13. The number of guanidine groups is 1. The molecule has 0 radical (unpaired) electrons. The van der Waals surface area contributed by atoms with Gasteiger partial charge in [-0.15, -0.1) is 24.0 Å². The highest BCUT2D eigenvalue weighted by molar-refractivity contribution is 14.0. The first-order valence-corrected chi connectivity index (χ1v) is 10.0. The van der Waals surface area contributed by atoms with Crippen molar-refractivity contribution in [1.29, 1.82) is 0 Å². The predicted octanol–water partition coefficient (Wildman–Crippen LogP) is 2.77. The van der Waals surface area contributed by atoms with Gasteiger partial charge in [0.1, 0.15) is 5.75 Å². The summed E-state index contributed by atoms with van der Waals surface area (Å²) in [6.07, 6.45) is 2.10. The summed E-state index contributed by atoms with van der Waals surface area (Å²) in [6.45, 7) is 10.1. The molecule has 160 valence electrons. The molecule has 1 atom stereocenters. The summed E-state index contributed by atoms with van der Waals surface area (Å²) < 4.78 is 10.7. The van der Waals surface area contributed by atoms with Gasteiger partial charge in [-0.05, 0) is 36.5 Å². The molecule has 1 saturated heterocycles. The van der Waals surface area contributed by atoms with Crippen LogP contribution in [0.5, 0.6) is 5.75 Å². The van der Waals surface area contributed by atoms with Crippen molar-refractivity contribution in [3.63, 3.8) is 0 Å². The number of aryl methyl sites for hydroxylation is 1. The molecule has 6 nitrogen and oxygen atoms in total. The Morgan fingerprint density at radius 1 is 1.18 bits per heavy atom. The van der Waals surface area contributed by atoms with Crippen LogP contribution in [0.15, 0.2) is 29.3 Å². The summed E-state index contributed by atoms with van der Waals surface area (Å²) in [7, 11) is 3.53. The average molecular weight is 504 g/mol. The van der Waals surface area contributed by atoms with Crippen LogP contribution in [-0.4, -0.2) is 70.5 Å². The second kappa shape index (κ2) is 14.0. The largest absolute Gasteiger partial charge is 0.497 e. The van der Waals surface area contributed by atoms with E-state index < -0.39 is 0 Å². The van der Waals surface area contributed by atoms with E-state index >= 15 is 0 Å². The van der Waals surface area contributed by atoms with Crippen molar-refractivity contribution in [2.24, 2.45) is 10.9 Å². The van der Waals surface area contributed by atoms with Crippen molar-refractivity contribution in [1.82, 2.24) is 15.5 Å². The van der Waals surface area contributed by atoms with E-state index in [0.29, 0.717) is 12.0 Å². The van der Waals surface area contributed by atoms with Gasteiger partial charge in [-0.1, -0.05) is 26.0 Å². The van der Waals surface area contributed by atoms with E-state index in [2.05, 4.69) is 46.5 Å². The zero-order chi connectivity index (χ0) is 19.5. The van der Waals surface area contributed by atoms with Crippen LogP contribution in [0.25, 0.3) is 0 Å². The minimum atomic E-state index is 0. The zero-order valence-corrected chi connectivity index (χ0v) is 20.1. The molecule has 0 saturated carbocycles. The number of halogens is 1. The SMILES string of the molecule is CN=C(NCCCc1ccc(OC)cc1)NCC(C(C)C)N1CCOCC1.I.